The molecule has 0 radical (unpaired) electrons. The maximum Gasteiger partial charge on any atom is 0.224 e. The number of rotatable bonds is 5. The molecule has 1 aliphatic heterocycles. The summed E-state index contributed by atoms with van der Waals surface area (Å²) < 4.78 is 4.94. The molecule has 120 valence electrons. The monoisotopic (exact) mass is 296 g/mol. The molecule has 1 N–H and O–H groups in total. The van der Waals surface area contributed by atoms with Gasteiger partial charge in [0, 0.05) is 32.2 Å². The lowest BCUT2D eigenvalue weighted by Crippen LogP contribution is -2.48. The summed E-state index contributed by atoms with van der Waals surface area (Å²) >= 11 is 0. The molecule has 0 atom stereocenters. The van der Waals surface area contributed by atoms with Gasteiger partial charge in [0.25, 0.3) is 0 Å². The molecule has 0 bridgehead atoms. The highest BCUT2D eigenvalue weighted by Crippen LogP contribution is 2.24. The molecule has 2 aliphatic rings. The minimum absolute atomic E-state index is 0.161. The van der Waals surface area contributed by atoms with Crippen molar-refractivity contribution in [2.24, 2.45) is 5.92 Å². The summed E-state index contributed by atoms with van der Waals surface area (Å²) in [5.74, 6) is 0.618. The van der Waals surface area contributed by atoms with Gasteiger partial charge >= 0.3 is 0 Å². The topological polar surface area (TPSA) is 58.6 Å². The van der Waals surface area contributed by atoms with Crippen LogP contribution in [0.5, 0.6) is 0 Å². The van der Waals surface area contributed by atoms with E-state index in [0.29, 0.717) is 13.0 Å². The number of ether oxygens (including phenoxy) is 1. The van der Waals surface area contributed by atoms with Crippen LogP contribution in [0.15, 0.2) is 0 Å². The second-order valence-electron chi connectivity index (χ2n) is 6.24. The number of amides is 2. The first kappa shape index (κ1) is 16.3. The third kappa shape index (κ3) is 4.99. The van der Waals surface area contributed by atoms with E-state index in [2.05, 4.69) is 5.32 Å². The number of nitrogens with one attached hydrogen (secondary N) is 1. The number of carbonyl (C=O) groups excluding carboxylic acids is 2. The third-order valence-corrected chi connectivity index (χ3v) is 4.69. The number of hydrogen-bond donors (Lipinski definition) is 1. The molecule has 0 unspecified atom stereocenters. The zero-order chi connectivity index (χ0) is 15.1. The molecule has 2 fully saturated rings. The number of methoxy groups -OCH3 is 1. The average molecular weight is 296 g/mol. The highest BCUT2D eigenvalue weighted by molar-refractivity contribution is 5.79. The van der Waals surface area contributed by atoms with E-state index in [1.807, 2.05) is 4.90 Å². The van der Waals surface area contributed by atoms with Crippen molar-refractivity contribution < 1.29 is 14.3 Å². The molecule has 21 heavy (non-hydrogen) atoms. The van der Waals surface area contributed by atoms with Crippen molar-refractivity contribution in [2.75, 3.05) is 26.8 Å². The van der Waals surface area contributed by atoms with Crippen LogP contribution in [0.25, 0.3) is 0 Å². The molecule has 5 heteroatoms. The third-order valence-electron chi connectivity index (χ3n) is 4.69. The maximum absolute atomic E-state index is 12.2. The van der Waals surface area contributed by atoms with Gasteiger partial charge in [0.2, 0.25) is 11.8 Å². The summed E-state index contributed by atoms with van der Waals surface area (Å²) in [5, 5.41) is 3.19. The van der Waals surface area contributed by atoms with Gasteiger partial charge in [0.1, 0.15) is 0 Å². The van der Waals surface area contributed by atoms with Crippen molar-refractivity contribution >= 4 is 11.8 Å². The lowest BCUT2D eigenvalue weighted by molar-refractivity contribution is -0.133. The Kier molecular flexibility index (Phi) is 6.49. The standard InChI is InChI=1S/C16H28N2O3/c1-21-12-9-15(19)18-10-7-14(8-11-18)17-16(20)13-5-3-2-4-6-13/h13-14H,2-12H2,1H3,(H,17,20). The Morgan fingerprint density at radius 1 is 1.10 bits per heavy atom. The second kappa shape index (κ2) is 8.37. The van der Waals surface area contributed by atoms with Gasteiger partial charge < -0.3 is 15.0 Å². The lowest BCUT2D eigenvalue weighted by Gasteiger charge is -2.33. The Bertz CT molecular complexity index is 345. The van der Waals surface area contributed by atoms with Crippen LogP contribution in [-0.2, 0) is 14.3 Å². The largest absolute Gasteiger partial charge is 0.384 e. The van der Waals surface area contributed by atoms with Crippen LogP contribution in [0.2, 0.25) is 0 Å². The minimum Gasteiger partial charge on any atom is -0.384 e. The molecule has 1 heterocycles. The first-order valence-electron chi connectivity index (χ1n) is 8.28. The van der Waals surface area contributed by atoms with Gasteiger partial charge in [-0.25, -0.2) is 0 Å². The summed E-state index contributed by atoms with van der Waals surface area (Å²) in [6.45, 7) is 1.98. The van der Waals surface area contributed by atoms with Crippen LogP contribution >= 0.6 is 0 Å². The van der Waals surface area contributed by atoms with Gasteiger partial charge in [-0.1, -0.05) is 19.3 Å². The van der Waals surface area contributed by atoms with Crippen molar-refractivity contribution in [3.8, 4) is 0 Å². The summed E-state index contributed by atoms with van der Waals surface area (Å²) in [4.78, 5) is 26.0. The Hall–Kier alpha value is -1.10. The molecular weight excluding hydrogens is 268 g/mol. The van der Waals surface area contributed by atoms with Crippen molar-refractivity contribution in [2.45, 2.75) is 57.4 Å². The highest BCUT2D eigenvalue weighted by atomic mass is 16.5. The first-order valence-corrected chi connectivity index (χ1v) is 8.28. The predicted molar refractivity (Wildman–Crippen MR) is 80.8 cm³/mol. The summed E-state index contributed by atoms with van der Waals surface area (Å²) in [5.41, 5.74) is 0. The number of hydrogen-bond acceptors (Lipinski definition) is 3. The average Bonchev–Trinajstić information content (AvgIpc) is 2.54. The van der Waals surface area contributed by atoms with Crippen LogP contribution < -0.4 is 5.32 Å². The van der Waals surface area contributed by atoms with E-state index >= 15 is 0 Å². The Balaban J connectivity index is 1.68. The van der Waals surface area contributed by atoms with E-state index in [-0.39, 0.29) is 23.8 Å². The quantitative estimate of drug-likeness (QED) is 0.840. The Labute approximate surface area is 127 Å². The van der Waals surface area contributed by atoms with Crippen molar-refractivity contribution in [3.63, 3.8) is 0 Å². The highest BCUT2D eigenvalue weighted by Gasteiger charge is 2.27. The van der Waals surface area contributed by atoms with Gasteiger partial charge in [-0.05, 0) is 25.7 Å². The van der Waals surface area contributed by atoms with E-state index < -0.39 is 0 Å². The van der Waals surface area contributed by atoms with Gasteiger partial charge in [-0.15, -0.1) is 0 Å². The predicted octanol–water partition coefficient (Wildman–Crippen LogP) is 1.71. The molecule has 1 saturated carbocycles. The Morgan fingerprint density at radius 3 is 2.38 bits per heavy atom. The molecule has 1 saturated heterocycles. The lowest BCUT2D eigenvalue weighted by atomic mass is 9.88. The normalized spacial score (nSPS) is 21.3. The van der Waals surface area contributed by atoms with Gasteiger partial charge in [-0.2, -0.15) is 0 Å². The van der Waals surface area contributed by atoms with Crippen LogP contribution in [0.1, 0.15) is 51.4 Å². The van der Waals surface area contributed by atoms with Crippen LogP contribution in [0.3, 0.4) is 0 Å². The molecule has 2 amide bonds. The molecule has 0 aromatic rings. The van der Waals surface area contributed by atoms with Gasteiger partial charge in [-0.3, -0.25) is 9.59 Å². The fourth-order valence-corrected chi connectivity index (χ4v) is 3.30. The maximum atomic E-state index is 12.2. The SMILES string of the molecule is COCCC(=O)N1CCC(NC(=O)C2CCCCC2)CC1. The molecule has 2 rings (SSSR count). The first-order chi connectivity index (χ1) is 10.2. The number of nitrogens with zero attached hydrogens (tertiary/aromatic N) is 1. The van der Waals surface area contributed by atoms with Crippen LogP contribution in [0, 0.1) is 5.92 Å². The van der Waals surface area contributed by atoms with E-state index in [9.17, 15) is 9.59 Å². The fourth-order valence-electron chi connectivity index (χ4n) is 3.30. The number of likely N-dealkylation sites (tertiary alicyclic amines) is 1. The van der Waals surface area contributed by atoms with Crippen LogP contribution in [0.4, 0.5) is 0 Å². The van der Waals surface area contributed by atoms with Gasteiger partial charge in [0.15, 0.2) is 0 Å². The summed E-state index contributed by atoms with van der Waals surface area (Å²) in [6, 6.07) is 0.242. The van der Waals surface area contributed by atoms with Crippen molar-refractivity contribution in [1.82, 2.24) is 10.2 Å². The molecule has 0 aromatic carbocycles. The molecule has 1 aliphatic carbocycles. The zero-order valence-corrected chi connectivity index (χ0v) is 13.1. The second-order valence-corrected chi connectivity index (χ2v) is 6.24. The van der Waals surface area contributed by atoms with E-state index in [1.54, 1.807) is 7.11 Å². The van der Waals surface area contributed by atoms with E-state index in [0.717, 1.165) is 38.8 Å². The fraction of sp³-hybridized carbons (Fsp3) is 0.875. The zero-order valence-electron chi connectivity index (χ0n) is 13.1. The van der Waals surface area contributed by atoms with Gasteiger partial charge in [0.05, 0.1) is 13.0 Å². The molecule has 5 nitrogen and oxygen atoms in total. The van der Waals surface area contributed by atoms with Crippen LogP contribution in [-0.4, -0.2) is 49.6 Å². The summed E-state index contributed by atoms with van der Waals surface area (Å²) in [6.07, 6.45) is 7.92. The molecule has 0 aromatic heterocycles. The minimum atomic E-state index is 0.161. The smallest absolute Gasteiger partial charge is 0.224 e. The molecular formula is C16H28N2O3. The number of piperidine rings is 1. The van der Waals surface area contributed by atoms with Crippen molar-refractivity contribution in [1.29, 1.82) is 0 Å². The van der Waals surface area contributed by atoms with E-state index in [4.69, 9.17) is 4.74 Å². The van der Waals surface area contributed by atoms with E-state index in [1.165, 1.54) is 19.3 Å². The molecule has 0 spiro atoms. The number of carbonyl (C=O) groups is 2. The van der Waals surface area contributed by atoms with Crippen molar-refractivity contribution in [3.05, 3.63) is 0 Å². The summed E-state index contributed by atoms with van der Waals surface area (Å²) in [7, 11) is 1.61. The Morgan fingerprint density at radius 2 is 1.76 bits per heavy atom.